The number of benzene rings is 2. The summed E-state index contributed by atoms with van der Waals surface area (Å²) in [5, 5.41) is 0. The number of sulfonamides is 1. The Labute approximate surface area is 125 Å². The molecular weight excluding hydrogens is 347 g/mol. The van der Waals surface area contributed by atoms with Crippen LogP contribution in [0.4, 0.5) is 15.8 Å². The second-order valence-electron chi connectivity index (χ2n) is 4.23. The van der Waals surface area contributed by atoms with E-state index in [4.69, 9.17) is 5.73 Å². The third-order valence-electron chi connectivity index (χ3n) is 2.50. The van der Waals surface area contributed by atoms with E-state index in [1.807, 2.05) is 0 Å². The highest BCUT2D eigenvalue weighted by atomic mass is 79.9. The van der Waals surface area contributed by atoms with Crippen LogP contribution in [0.5, 0.6) is 0 Å². The minimum atomic E-state index is -3.71. The Morgan fingerprint density at radius 2 is 1.95 bits per heavy atom. The molecule has 0 saturated carbocycles. The average Bonchev–Trinajstić information content (AvgIpc) is 2.33. The van der Waals surface area contributed by atoms with Gasteiger partial charge in [-0.25, -0.2) is 12.8 Å². The fourth-order valence-electron chi connectivity index (χ4n) is 1.68. The molecule has 3 N–H and O–H groups in total. The lowest BCUT2D eigenvalue weighted by Gasteiger charge is -2.09. The monoisotopic (exact) mass is 358 g/mol. The maximum Gasteiger partial charge on any atom is 0.237 e. The van der Waals surface area contributed by atoms with Gasteiger partial charge in [0.25, 0.3) is 0 Å². The highest BCUT2D eigenvalue weighted by Crippen LogP contribution is 2.22. The molecular formula is C13H12BrFN2O2S. The van der Waals surface area contributed by atoms with Crippen LogP contribution in [0.15, 0.2) is 46.9 Å². The van der Waals surface area contributed by atoms with Gasteiger partial charge in [0.2, 0.25) is 10.0 Å². The fraction of sp³-hybridized carbons (Fsp3) is 0.0769. The molecule has 0 bridgehead atoms. The fourth-order valence-corrected chi connectivity index (χ4v) is 3.22. The number of rotatable bonds is 4. The third-order valence-corrected chi connectivity index (χ3v) is 4.24. The SMILES string of the molecule is Nc1cccc(CS(=O)(=O)Nc2cc(Br)ccc2F)c1. The molecule has 0 aliphatic heterocycles. The second kappa shape index (κ2) is 5.80. The molecule has 0 spiro atoms. The normalized spacial score (nSPS) is 11.3. The van der Waals surface area contributed by atoms with E-state index in [-0.39, 0.29) is 11.4 Å². The third kappa shape index (κ3) is 3.94. The van der Waals surface area contributed by atoms with Gasteiger partial charge in [0.1, 0.15) is 5.82 Å². The summed E-state index contributed by atoms with van der Waals surface area (Å²) in [6.07, 6.45) is 0. The van der Waals surface area contributed by atoms with Crippen LogP contribution >= 0.6 is 15.9 Å². The molecule has 20 heavy (non-hydrogen) atoms. The van der Waals surface area contributed by atoms with Crippen LogP contribution in [0.3, 0.4) is 0 Å². The summed E-state index contributed by atoms with van der Waals surface area (Å²) < 4.78 is 40.4. The predicted octanol–water partition coefficient (Wildman–Crippen LogP) is 3.11. The largest absolute Gasteiger partial charge is 0.399 e. The van der Waals surface area contributed by atoms with E-state index in [9.17, 15) is 12.8 Å². The molecule has 0 atom stereocenters. The van der Waals surface area contributed by atoms with Crippen molar-refractivity contribution in [2.24, 2.45) is 0 Å². The van der Waals surface area contributed by atoms with Crippen LogP contribution in [0.2, 0.25) is 0 Å². The van der Waals surface area contributed by atoms with E-state index in [2.05, 4.69) is 20.7 Å². The van der Waals surface area contributed by atoms with Gasteiger partial charge in [-0.1, -0.05) is 28.1 Å². The summed E-state index contributed by atoms with van der Waals surface area (Å²) in [6.45, 7) is 0. The number of hydrogen-bond donors (Lipinski definition) is 2. The molecule has 106 valence electrons. The van der Waals surface area contributed by atoms with Gasteiger partial charge in [0.05, 0.1) is 11.4 Å². The van der Waals surface area contributed by atoms with Crippen molar-refractivity contribution >= 4 is 37.3 Å². The zero-order valence-corrected chi connectivity index (χ0v) is 12.7. The first kappa shape index (κ1) is 14.8. The first-order valence-corrected chi connectivity index (χ1v) is 8.10. The Balaban J connectivity index is 2.21. The van der Waals surface area contributed by atoms with Gasteiger partial charge < -0.3 is 5.73 Å². The molecule has 0 unspecified atom stereocenters. The average molecular weight is 359 g/mol. The summed E-state index contributed by atoms with van der Waals surface area (Å²) in [7, 11) is -3.71. The van der Waals surface area contributed by atoms with Crippen molar-refractivity contribution in [1.29, 1.82) is 0 Å². The number of anilines is 2. The number of hydrogen-bond acceptors (Lipinski definition) is 3. The summed E-state index contributed by atoms with van der Waals surface area (Å²) in [5.41, 5.74) is 6.51. The zero-order valence-electron chi connectivity index (χ0n) is 10.3. The van der Waals surface area contributed by atoms with Crippen molar-refractivity contribution in [3.8, 4) is 0 Å². The lowest BCUT2D eigenvalue weighted by Crippen LogP contribution is -2.16. The summed E-state index contributed by atoms with van der Waals surface area (Å²) >= 11 is 3.16. The highest BCUT2D eigenvalue weighted by Gasteiger charge is 2.14. The molecule has 0 aliphatic rings. The van der Waals surface area contributed by atoms with Gasteiger partial charge in [-0.2, -0.15) is 0 Å². The Morgan fingerprint density at radius 3 is 2.65 bits per heavy atom. The van der Waals surface area contributed by atoms with Gasteiger partial charge in [-0.05, 0) is 35.9 Å². The van der Waals surface area contributed by atoms with Crippen LogP contribution in [0.25, 0.3) is 0 Å². The van der Waals surface area contributed by atoms with E-state index in [0.717, 1.165) is 0 Å². The number of nitrogens with one attached hydrogen (secondary N) is 1. The van der Waals surface area contributed by atoms with Gasteiger partial charge in [-0.3, -0.25) is 4.72 Å². The van der Waals surface area contributed by atoms with Crippen molar-refractivity contribution in [2.75, 3.05) is 10.5 Å². The predicted molar refractivity (Wildman–Crippen MR) is 81.2 cm³/mol. The van der Waals surface area contributed by atoms with Crippen molar-refractivity contribution in [2.45, 2.75) is 5.75 Å². The van der Waals surface area contributed by atoms with Crippen LogP contribution < -0.4 is 10.5 Å². The second-order valence-corrected chi connectivity index (χ2v) is 6.87. The van der Waals surface area contributed by atoms with Gasteiger partial charge in [0, 0.05) is 10.2 Å². The van der Waals surface area contributed by atoms with E-state index in [1.54, 1.807) is 24.3 Å². The Bertz CT molecular complexity index is 735. The quantitative estimate of drug-likeness (QED) is 0.824. The maximum absolute atomic E-state index is 13.5. The molecule has 0 amide bonds. The lowest BCUT2D eigenvalue weighted by molar-refractivity contribution is 0.598. The number of nitrogen functional groups attached to an aromatic ring is 1. The molecule has 0 aliphatic carbocycles. The van der Waals surface area contributed by atoms with E-state index >= 15 is 0 Å². The molecule has 7 heteroatoms. The minimum Gasteiger partial charge on any atom is -0.399 e. The maximum atomic E-state index is 13.5. The molecule has 4 nitrogen and oxygen atoms in total. The number of nitrogens with two attached hydrogens (primary N) is 1. The van der Waals surface area contributed by atoms with E-state index < -0.39 is 15.8 Å². The molecule has 0 fully saturated rings. The van der Waals surface area contributed by atoms with Gasteiger partial charge >= 0.3 is 0 Å². The van der Waals surface area contributed by atoms with Crippen molar-refractivity contribution in [1.82, 2.24) is 0 Å². The van der Waals surface area contributed by atoms with Crippen LogP contribution in [-0.2, 0) is 15.8 Å². The molecule has 2 rings (SSSR count). The first-order chi connectivity index (χ1) is 9.35. The topological polar surface area (TPSA) is 72.2 Å². The Morgan fingerprint density at radius 1 is 1.20 bits per heavy atom. The standard InChI is InChI=1S/C13H12BrFN2O2S/c14-10-4-5-12(15)13(7-10)17-20(18,19)8-9-2-1-3-11(16)6-9/h1-7,17H,8,16H2. The summed E-state index contributed by atoms with van der Waals surface area (Å²) in [4.78, 5) is 0. The number of halogens is 2. The highest BCUT2D eigenvalue weighted by molar-refractivity contribution is 9.10. The smallest absolute Gasteiger partial charge is 0.237 e. The summed E-state index contributed by atoms with van der Waals surface area (Å²) in [5.74, 6) is -0.909. The van der Waals surface area contributed by atoms with Crippen molar-refractivity contribution in [3.05, 3.63) is 58.3 Å². The van der Waals surface area contributed by atoms with Crippen LogP contribution in [0, 0.1) is 5.82 Å². The minimum absolute atomic E-state index is 0.0942. The first-order valence-electron chi connectivity index (χ1n) is 5.66. The summed E-state index contributed by atoms with van der Waals surface area (Å²) in [6, 6.07) is 10.6. The Hall–Kier alpha value is -1.60. The van der Waals surface area contributed by atoms with Crippen LogP contribution in [0.1, 0.15) is 5.56 Å². The molecule has 0 aromatic heterocycles. The zero-order chi connectivity index (χ0) is 14.8. The Kier molecular flexibility index (Phi) is 4.29. The molecule has 0 saturated heterocycles. The lowest BCUT2D eigenvalue weighted by atomic mass is 10.2. The van der Waals surface area contributed by atoms with Crippen molar-refractivity contribution in [3.63, 3.8) is 0 Å². The van der Waals surface area contributed by atoms with E-state index in [0.29, 0.717) is 15.7 Å². The molecule has 2 aromatic rings. The van der Waals surface area contributed by atoms with Gasteiger partial charge in [0.15, 0.2) is 0 Å². The van der Waals surface area contributed by atoms with E-state index in [1.165, 1.54) is 18.2 Å². The molecule has 0 heterocycles. The molecule has 2 aromatic carbocycles. The van der Waals surface area contributed by atoms with Crippen LogP contribution in [-0.4, -0.2) is 8.42 Å². The van der Waals surface area contributed by atoms with Crippen molar-refractivity contribution < 1.29 is 12.8 Å². The molecule has 0 radical (unpaired) electrons. The van der Waals surface area contributed by atoms with Gasteiger partial charge in [-0.15, -0.1) is 0 Å².